The van der Waals surface area contributed by atoms with Crippen molar-refractivity contribution >= 4 is 11.8 Å². The molecular weight excluding hydrogens is 352 g/mol. The highest BCUT2D eigenvalue weighted by molar-refractivity contribution is 5.46. The van der Waals surface area contributed by atoms with Gasteiger partial charge in [0.25, 0.3) is 0 Å². The van der Waals surface area contributed by atoms with Crippen molar-refractivity contribution < 1.29 is 9.47 Å². The minimum atomic E-state index is 0.145. The topological polar surface area (TPSA) is 59.5 Å². The van der Waals surface area contributed by atoms with Gasteiger partial charge in [-0.1, -0.05) is 48.5 Å². The maximum atomic E-state index is 5.73. The van der Waals surface area contributed by atoms with Crippen LogP contribution < -0.4 is 15.0 Å². The third-order valence-electron chi connectivity index (χ3n) is 4.88. The molecule has 0 aliphatic carbocycles. The van der Waals surface area contributed by atoms with E-state index in [-0.39, 0.29) is 6.04 Å². The van der Waals surface area contributed by atoms with E-state index in [1.165, 1.54) is 5.56 Å². The number of hydrogen-bond donors (Lipinski definition) is 1. The number of anilines is 2. The van der Waals surface area contributed by atoms with Gasteiger partial charge in [-0.2, -0.15) is 4.98 Å². The first-order valence-electron chi connectivity index (χ1n) is 9.43. The quantitative estimate of drug-likeness (QED) is 0.708. The van der Waals surface area contributed by atoms with E-state index in [1.807, 2.05) is 36.4 Å². The van der Waals surface area contributed by atoms with Crippen LogP contribution in [0.25, 0.3) is 0 Å². The molecule has 1 N–H and O–H groups in total. The molecule has 6 nitrogen and oxygen atoms in total. The zero-order chi connectivity index (χ0) is 19.2. The van der Waals surface area contributed by atoms with E-state index in [1.54, 1.807) is 13.3 Å². The Morgan fingerprint density at radius 2 is 1.93 bits per heavy atom. The predicted molar refractivity (Wildman–Crippen MR) is 110 cm³/mol. The van der Waals surface area contributed by atoms with Crippen LogP contribution in [0, 0.1) is 0 Å². The minimum Gasteiger partial charge on any atom is -0.496 e. The molecule has 0 radical (unpaired) electrons. The summed E-state index contributed by atoms with van der Waals surface area (Å²) in [5.74, 6) is 2.35. The van der Waals surface area contributed by atoms with Gasteiger partial charge in [-0.15, -0.1) is 0 Å². The number of para-hydroxylation sites is 1. The van der Waals surface area contributed by atoms with Crippen molar-refractivity contribution in [1.82, 2.24) is 9.97 Å². The van der Waals surface area contributed by atoms with E-state index in [9.17, 15) is 0 Å². The first kappa shape index (κ1) is 18.3. The molecule has 6 heteroatoms. The van der Waals surface area contributed by atoms with Crippen molar-refractivity contribution in [2.75, 3.05) is 37.1 Å². The monoisotopic (exact) mass is 376 g/mol. The third-order valence-corrected chi connectivity index (χ3v) is 4.88. The summed E-state index contributed by atoms with van der Waals surface area (Å²) in [7, 11) is 1.68. The number of nitrogens with one attached hydrogen (secondary N) is 1. The smallest absolute Gasteiger partial charge is 0.224 e. The molecule has 1 fully saturated rings. The number of nitrogens with zero attached hydrogens (tertiary/aromatic N) is 3. The molecule has 1 atom stereocenters. The maximum Gasteiger partial charge on any atom is 0.224 e. The summed E-state index contributed by atoms with van der Waals surface area (Å²) in [6.45, 7) is 2.73. The van der Waals surface area contributed by atoms with Gasteiger partial charge in [0.2, 0.25) is 5.95 Å². The normalized spacial score (nSPS) is 16.6. The Morgan fingerprint density at radius 1 is 1.11 bits per heavy atom. The van der Waals surface area contributed by atoms with Gasteiger partial charge in [0, 0.05) is 24.8 Å². The van der Waals surface area contributed by atoms with Crippen LogP contribution in [-0.4, -0.2) is 36.8 Å². The predicted octanol–water partition coefficient (Wildman–Crippen LogP) is 3.68. The van der Waals surface area contributed by atoms with Gasteiger partial charge in [0.1, 0.15) is 11.6 Å². The second-order valence-electron chi connectivity index (χ2n) is 6.60. The summed E-state index contributed by atoms with van der Waals surface area (Å²) in [4.78, 5) is 11.4. The van der Waals surface area contributed by atoms with Gasteiger partial charge in [0.05, 0.1) is 26.4 Å². The molecule has 4 rings (SSSR count). The number of benzene rings is 2. The first-order chi connectivity index (χ1) is 13.8. The zero-order valence-corrected chi connectivity index (χ0v) is 15.9. The number of methoxy groups -OCH3 is 1. The fraction of sp³-hybridized carbons (Fsp3) is 0.273. The van der Waals surface area contributed by atoms with Crippen molar-refractivity contribution in [3.05, 3.63) is 78.0 Å². The van der Waals surface area contributed by atoms with Crippen LogP contribution in [-0.2, 0) is 11.3 Å². The molecule has 0 bridgehead atoms. The fourth-order valence-corrected chi connectivity index (χ4v) is 3.45. The van der Waals surface area contributed by atoms with Crippen molar-refractivity contribution in [3.63, 3.8) is 0 Å². The highest BCUT2D eigenvalue weighted by atomic mass is 16.5. The van der Waals surface area contributed by atoms with Gasteiger partial charge >= 0.3 is 0 Å². The van der Waals surface area contributed by atoms with Crippen LogP contribution in [0.3, 0.4) is 0 Å². The molecular formula is C22H24N4O2. The van der Waals surface area contributed by atoms with E-state index in [2.05, 4.69) is 39.5 Å². The average Bonchev–Trinajstić information content (AvgIpc) is 2.78. The summed E-state index contributed by atoms with van der Waals surface area (Å²) < 4.78 is 11.1. The lowest BCUT2D eigenvalue weighted by atomic mass is 10.1. The van der Waals surface area contributed by atoms with Crippen molar-refractivity contribution in [1.29, 1.82) is 0 Å². The standard InChI is InChI=1S/C22H24N4O2/c1-27-20-10-6-5-9-18(20)15-24-22-23-12-11-21(25-22)26-13-14-28-16-19(26)17-7-3-2-4-8-17/h2-12,19H,13-16H2,1H3,(H,23,24,25)/t19-/m1/s1. The van der Waals surface area contributed by atoms with Crippen molar-refractivity contribution in [2.24, 2.45) is 0 Å². The van der Waals surface area contributed by atoms with Gasteiger partial charge < -0.3 is 19.7 Å². The Kier molecular flexibility index (Phi) is 5.68. The molecule has 1 aliphatic rings. The Hall–Kier alpha value is -3.12. The molecule has 3 aromatic rings. The Labute approximate surface area is 165 Å². The molecule has 0 saturated carbocycles. The Morgan fingerprint density at radius 3 is 2.79 bits per heavy atom. The fourth-order valence-electron chi connectivity index (χ4n) is 3.45. The number of hydrogen-bond acceptors (Lipinski definition) is 6. The number of morpholine rings is 1. The molecule has 1 aromatic heterocycles. The van der Waals surface area contributed by atoms with Crippen LogP contribution in [0.15, 0.2) is 66.9 Å². The summed E-state index contributed by atoms with van der Waals surface area (Å²) in [6, 6.07) is 20.4. The summed E-state index contributed by atoms with van der Waals surface area (Å²) in [5, 5.41) is 3.31. The van der Waals surface area contributed by atoms with Crippen molar-refractivity contribution in [2.45, 2.75) is 12.6 Å². The minimum absolute atomic E-state index is 0.145. The van der Waals surface area contributed by atoms with E-state index in [0.29, 0.717) is 25.7 Å². The Balaban J connectivity index is 1.52. The van der Waals surface area contributed by atoms with Crippen LogP contribution in [0.4, 0.5) is 11.8 Å². The van der Waals surface area contributed by atoms with Gasteiger partial charge in [-0.05, 0) is 17.7 Å². The summed E-state index contributed by atoms with van der Waals surface area (Å²) in [5.41, 5.74) is 2.29. The molecule has 0 unspecified atom stereocenters. The maximum absolute atomic E-state index is 5.73. The molecule has 0 amide bonds. The van der Waals surface area contributed by atoms with E-state index < -0.39 is 0 Å². The number of ether oxygens (including phenoxy) is 2. The SMILES string of the molecule is COc1ccccc1CNc1nccc(N2CCOC[C@@H]2c2ccccc2)n1. The largest absolute Gasteiger partial charge is 0.496 e. The average molecular weight is 376 g/mol. The molecule has 1 aliphatic heterocycles. The molecule has 144 valence electrons. The van der Waals surface area contributed by atoms with Crippen molar-refractivity contribution in [3.8, 4) is 5.75 Å². The lowest BCUT2D eigenvalue weighted by Crippen LogP contribution is -2.40. The summed E-state index contributed by atoms with van der Waals surface area (Å²) >= 11 is 0. The highest BCUT2D eigenvalue weighted by Gasteiger charge is 2.25. The molecule has 2 heterocycles. The van der Waals surface area contributed by atoms with Gasteiger partial charge in [-0.25, -0.2) is 4.98 Å². The molecule has 2 aromatic carbocycles. The third kappa shape index (κ3) is 4.07. The summed E-state index contributed by atoms with van der Waals surface area (Å²) in [6.07, 6.45) is 1.80. The van der Waals surface area contributed by atoms with Gasteiger partial charge in [-0.3, -0.25) is 0 Å². The van der Waals surface area contributed by atoms with E-state index in [4.69, 9.17) is 14.5 Å². The van der Waals surface area contributed by atoms with E-state index >= 15 is 0 Å². The zero-order valence-electron chi connectivity index (χ0n) is 15.9. The number of aromatic nitrogens is 2. The Bertz CT molecular complexity index is 904. The van der Waals surface area contributed by atoms with Crippen LogP contribution in [0.1, 0.15) is 17.2 Å². The molecule has 28 heavy (non-hydrogen) atoms. The molecule has 0 spiro atoms. The van der Waals surface area contributed by atoms with Crippen LogP contribution >= 0.6 is 0 Å². The van der Waals surface area contributed by atoms with E-state index in [0.717, 1.165) is 23.7 Å². The lowest BCUT2D eigenvalue weighted by molar-refractivity contribution is 0.0937. The van der Waals surface area contributed by atoms with Gasteiger partial charge in [0.15, 0.2) is 0 Å². The first-order valence-corrected chi connectivity index (χ1v) is 9.43. The lowest BCUT2D eigenvalue weighted by Gasteiger charge is -2.36. The molecule has 1 saturated heterocycles. The number of rotatable bonds is 6. The second kappa shape index (κ2) is 8.71. The highest BCUT2D eigenvalue weighted by Crippen LogP contribution is 2.29. The van der Waals surface area contributed by atoms with Crippen LogP contribution in [0.5, 0.6) is 5.75 Å². The second-order valence-corrected chi connectivity index (χ2v) is 6.60. The van der Waals surface area contributed by atoms with Crippen LogP contribution in [0.2, 0.25) is 0 Å².